The van der Waals surface area contributed by atoms with Gasteiger partial charge in [-0.25, -0.2) is 0 Å². The number of amides is 1. The van der Waals surface area contributed by atoms with Gasteiger partial charge in [0.2, 0.25) is 17.6 Å². The molecule has 1 amide bonds. The molecule has 0 radical (unpaired) electrons. The van der Waals surface area contributed by atoms with Crippen molar-refractivity contribution in [2.45, 2.75) is 46.1 Å². The summed E-state index contributed by atoms with van der Waals surface area (Å²) >= 11 is 1.58. The van der Waals surface area contributed by atoms with Crippen molar-refractivity contribution < 1.29 is 9.32 Å². The molecule has 6 nitrogen and oxygen atoms in total. The summed E-state index contributed by atoms with van der Waals surface area (Å²) in [6, 6.07) is 4.03. The van der Waals surface area contributed by atoms with Crippen LogP contribution >= 0.6 is 11.3 Å². The Hall–Kier alpha value is -1.73. The Balaban J connectivity index is 1.75. The van der Waals surface area contributed by atoms with E-state index in [1.54, 1.807) is 11.3 Å². The van der Waals surface area contributed by atoms with Crippen molar-refractivity contribution in [3.05, 3.63) is 23.4 Å². The Kier molecular flexibility index (Phi) is 6.72. The molecule has 138 valence electrons. The van der Waals surface area contributed by atoms with Gasteiger partial charge in [0.05, 0.1) is 4.88 Å². The van der Waals surface area contributed by atoms with Crippen LogP contribution in [0.15, 0.2) is 22.0 Å². The lowest BCUT2D eigenvalue weighted by Crippen LogP contribution is -2.47. The minimum atomic E-state index is 0.0151. The van der Waals surface area contributed by atoms with E-state index < -0.39 is 0 Å². The van der Waals surface area contributed by atoms with Crippen LogP contribution in [0.2, 0.25) is 0 Å². The fourth-order valence-corrected chi connectivity index (χ4v) is 3.37. The van der Waals surface area contributed by atoms with E-state index in [0.717, 1.165) is 11.4 Å². The minimum Gasteiger partial charge on any atom is -0.353 e. The van der Waals surface area contributed by atoms with Gasteiger partial charge in [0.15, 0.2) is 0 Å². The Labute approximate surface area is 153 Å². The van der Waals surface area contributed by atoms with E-state index in [1.807, 2.05) is 31.6 Å². The van der Waals surface area contributed by atoms with Gasteiger partial charge in [-0.2, -0.15) is 4.98 Å². The van der Waals surface area contributed by atoms with Gasteiger partial charge in [0.1, 0.15) is 0 Å². The number of nitrogens with zero attached hydrogens (tertiary/aromatic N) is 3. The monoisotopic (exact) mass is 364 g/mol. The highest BCUT2D eigenvalue weighted by Gasteiger charge is 2.27. The van der Waals surface area contributed by atoms with Gasteiger partial charge in [0.25, 0.3) is 0 Å². The summed E-state index contributed by atoms with van der Waals surface area (Å²) in [6.07, 6.45) is 1.76. The van der Waals surface area contributed by atoms with Gasteiger partial charge in [-0.3, -0.25) is 4.79 Å². The average molecular weight is 365 g/mol. The summed E-state index contributed by atoms with van der Waals surface area (Å²) < 4.78 is 5.26. The molecule has 0 saturated carbocycles. The van der Waals surface area contributed by atoms with Gasteiger partial charge in [-0.15, -0.1) is 11.3 Å². The van der Waals surface area contributed by atoms with Crippen molar-refractivity contribution in [2.75, 3.05) is 20.6 Å². The van der Waals surface area contributed by atoms with Crippen molar-refractivity contribution in [1.29, 1.82) is 0 Å². The summed E-state index contributed by atoms with van der Waals surface area (Å²) in [5, 5.41) is 9.07. The van der Waals surface area contributed by atoms with Crippen LogP contribution in [0, 0.1) is 5.41 Å². The van der Waals surface area contributed by atoms with E-state index >= 15 is 0 Å². The molecule has 0 saturated heterocycles. The van der Waals surface area contributed by atoms with Crippen LogP contribution in [0.5, 0.6) is 0 Å². The number of nitrogens with one attached hydrogen (secondary N) is 1. The second-order valence-corrected chi connectivity index (χ2v) is 8.31. The zero-order valence-electron chi connectivity index (χ0n) is 15.7. The van der Waals surface area contributed by atoms with Crippen molar-refractivity contribution >= 4 is 17.2 Å². The molecule has 0 fully saturated rings. The van der Waals surface area contributed by atoms with Gasteiger partial charge in [-0.1, -0.05) is 25.1 Å². The number of aromatic nitrogens is 2. The number of rotatable bonds is 9. The molecular formula is C18H28N4O2S. The third-order valence-electron chi connectivity index (χ3n) is 4.28. The number of hydrogen-bond acceptors (Lipinski definition) is 6. The molecule has 7 heteroatoms. The molecule has 1 atom stereocenters. The maximum Gasteiger partial charge on any atom is 0.226 e. The molecular weight excluding hydrogens is 336 g/mol. The molecule has 25 heavy (non-hydrogen) atoms. The summed E-state index contributed by atoms with van der Waals surface area (Å²) in [4.78, 5) is 19.7. The van der Waals surface area contributed by atoms with Crippen LogP contribution in [0.25, 0.3) is 10.7 Å². The van der Waals surface area contributed by atoms with Gasteiger partial charge in [0, 0.05) is 25.4 Å². The maximum absolute atomic E-state index is 12.2. The molecule has 2 heterocycles. The molecule has 2 rings (SSSR count). The zero-order chi connectivity index (χ0) is 18.4. The molecule has 2 aromatic rings. The van der Waals surface area contributed by atoms with Crippen molar-refractivity contribution in [2.24, 2.45) is 5.41 Å². The lowest BCUT2D eigenvalue weighted by Gasteiger charge is -2.34. The van der Waals surface area contributed by atoms with E-state index in [0.29, 0.717) is 31.0 Å². The number of aryl methyl sites for hydroxylation is 1. The van der Waals surface area contributed by atoms with E-state index in [9.17, 15) is 4.79 Å². The van der Waals surface area contributed by atoms with Crippen LogP contribution in [-0.4, -0.2) is 47.6 Å². The largest absolute Gasteiger partial charge is 0.353 e. The van der Waals surface area contributed by atoms with E-state index in [2.05, 4.69) is 41.1 Å². The maximum atomic E-state index is 12.2. The highest BCUT2D eigenvalue weighted by atomic mass is 32.1. The molecule has 0 aliphatic carbocycles. The number of carbonyl (C=O) groups excluding carboxylic acids is 1. The lowest BCUT2D eigenvalue weighted by atomic mass is 9.85. The van der Waals surface area contributed by atoms with Gasteiger partial charge < -0.3 is 14.7 Å². The first kappa shape index (κ1) is 19.6. The first-order valence-corrected chi connectivity index (χ1v) is 9.46. The third-order valence-corrected chi connectivity index (χ3v) is 5.14. The third kappa shape index (κ3) is 5.93. The SMILES string of the molecule is C[C@H](NC(=O)CCCc1nc(-c2cccs2)no1)C(C)(C)CN(C)C. The smallest absolute Gasteiger partial charge is 0.226 e. The number of hydrogen-bond donors (Lipinski definition) is 1. The van der Waals surface area contributed by atoms with Crippen molar-refractivity contribution in [3.63, 3.8) is 0 Å². The quantitative estimate of drug-likeness (QED) is 0.740. The normalized spacial score (nSPS) is 13.2. The molecule has 2 aromatic heterocycles. The summed E-state index contributed by atoms with van der Waals surface area (Å²) in [6.45, 7) is 7.32. The Morgan fingerprint density at radius 3 is 2.84 bits per heavy atom. The average Bonchev–Trinajstić information content (AvgIpc) is 3.16. The summed E-state index contributed by atoms with van der Waals surface area (Å²) in [5.41, 5.74) is 0.0151. The minimum absolute atomic E-state index is 0.0151. The van der Waals surface area contributed by atoms with E-state index in [1.165, 1.54) is 0 Å². The number of carbonyl (C=O) groups is 1. The van der Waals surface area contributed by atoms with Crippen LogP contribution in [0.1, 0.15) is 39.5 Å². The molecule has 1 N–H and O–H groups in total. The molecule has 0 unspecified atom stereocenters. The molecule has 0 aliphatic rings. The first-order chi connectivity index (χ1) is 11.8. The first-order valence-electron chi connectivity index (χ1n) is 8.58. The molecule has 0 spiro atoms. The van der Waals surface area contributed by atoms with Gasteiger partial charge >= 0.3 is 0 Å². The summed E-state index contributed by atoms with van der Waals surface area (Å²) in [7, 11) is 4.09. The second-order valence-electron chi connectivity index (χ2n) is 7.36. The zero-order valence-corrected chi connectivity index (χ0v) is 16.5. The fourth-order valence-electron chi connectivity index (χ4n) is 2.72. The standard InChI is InChI=1S/C18H28N4O2S/c1-13(18(2,3)12-22(4)5)19-15(23)9-6-10-16-20-17(21-24-16)14-8-7-11-25-14/h7-8,11,13H,6,9-10,12H2,1-5H3,(H,19,23)/t13-/m0/s1. The van der Waals surface area contributed by atoms with E-state index in [4.69, 9.17) is 4.52 Å². The highest BCUT2D eigenvalue weighted by molar-refractivity contribution is 7.13. The second kappa shape index (κ2) is 8.58. The molecule has 0 aromatic carbocycles. The predicted octanol–water partition coefficient (Wildman–Crippen LogP) is 3.21. The highest BCUT2D eigenvalue weighted by Crippen LogP contribution is 2.22. The van der Waals surface area contributed by atoms with E-state index in [-0.39, 0.29) is 17.4 Å². The summed E-state index contributed by atoms with van der Waals surface area (Å²) in [5.74, 6) is 1.27. The van der Waals surface area contributed by atoms with Gasteiger partial charge in [-0.05, 0) is 44.3 Å². The van der Waals surface area contributed by atoms with Crippen LogP contribution in [0.4, 0.5) is 0 Å². The van der Waals surface area contributed by atoms with Crippen LogP contribution < -0.4 is 5.32 Å². The lowest BCUT2D eigenvalue weighted by molar-refractivity contribution is -0.122. The molecule has 0 bridgehead atoms. The van der Waals surface area contributed by atoms with Crippen LogP contribution in [-0.2, 0) is 11.2 Å². The Morgan fingerprint density at radius 1 is 1.44 bits per heavy atom. The Morgan fingerprint density at radius 2 is 2.20 bits per heavy atom. The number of thiophene rings is 1. The molecule has 0 aliphatic heterocycles. The van der Waals surface area contributed by atoms with Crippen molar-refractivity contribution in [3.8, 4) is 10.7 Å². The predicted molar refractivity (Wildman–Crippen MR) is 100 cm³/mol. The van der Waals surface area contributed by atoms with Crippen molar-refractivity contribution in [1.82, 2.24) is 20.4 Å². The van der Waals surface area contributed by atoms with Crippen LogP contribution in [0.3, 0.4) is 0 Å². The fraction of sp³-hybridized carbons (Fsp3) is 0.611. The topological polar surface area (TPSA) is 71.3 Å². The Bertz CT molecular complexity index is 664.